The molecule has 1 N–H and O–H groups in total. The zero-order valence-electron chi connectivity index (χ0n) is 10.9. The number of methoxy groups -OCH3 is 1. The minimum absolute atomic E-state index is 0.0497. The minimum Gasteiger partial charge on any atom is -0.481 e. The van der Waals surface area contributed by atoms with E-state index in [1.807, 2.05) is 6.92 Å². The van der Waals surface area contributed by atoms with Crippen molar-refractivity contribution in [1.82, 2.24) is 9.97 Å². The SMILES string of the molecule is CCC(C)(CCCl)Nc1ncnc(OC)c1C. The predicted octanol–water partition coefficient (Wildman–Crippen LogP) is 3.00. The van der Waals surface area contributed by atoms with Crippen LogP contribution < -0.4 is 10.1 Å². The molecular weight excluding hydrogens is 238 g/mol. The first-order valence-electron chi connectivity index (χ1n) is 5.76. The predicted molar refractivity (Wildman–Crippen MR) is 71.0 cm³/mol. The van der Waals surface area contributed by atoms with Crippen molar-refractivity contribution in [3.05, 3.63) is 11.9 Å². The van der Waals surface area contributed by atoms with Crippen molar-refractivity contribution in [2.45, 2.75) is 39.2 Å². The summed E-state index contributed by atoms with van der Waals surface area (Å²) in [6, 6.07) is 0. The Kier molecular flexibility index (Phi) is 5.00. The first-order chi connectivity index (χ1) is 8.06. The van der Waals surface area contributed by atoms with Crippen molar-refractivity contribution in [2.75, 3.05) is 18.3 Å². The summed E-state index contributed by atoms with van der Waals surface area (Å²) in [6.45, 7) is 6.22. The van der Waals surface area contributed by atoms with E-state index in [1.165, 1.54) is 6.33 Å². The molecule has 1 aromatic heterocycles. The van der Waals surface area contributed by atoms with Crippen LogP contribution in [0.2, 0.25) is 0 Å². The van der Waals surface area contributed by atoms with Gasteiger partial charge in [-0.05, 0) is 26.7 Å². The number of hydrogen-bond acceptors (Lipinski definition) is 4. The third-order valence-electron chi connectivity index (χ3n) is 3.08. The van der Waals surface area contributed by atoms with E-state index in [1.54, 1.807) is 7.11 Å². The lowest BCUT2D eigenvalue weighted by Crippen LogP contribution is -2.35. The van der Waals surface area contributed by atoms with Gasteiger partial charge in [-0.2, -0.15) is 0 Å². The summed E-state index contributed by atoms with van der Waals surface area (Å²) in [6.07, 6.45) is 3.37. The molecule has 0 saturated carbocycles. The molecule has 0 fully saturated rings. The van der Waals surface area contributed by atoms with Gasteiger partial charge in [0.05, 0.1) is 12.7 Å². The smallest absolute Gasteiger partial charge is 0.221 e. The van der Waals surface area contributed by atoms with Gasteiger partial charge in [-0.3, -0.25) is 0 Å². The van der Waals surface area contributed by atoms with Gasteiger partial charge in [-0.25, -0.2) is 9.97 Å². The van der Waals surface area contributed by atoms with Gasteiger partial charge in [0.25, 0.3) is 0 Å². The zero-order valence-corrected chi connectivity index (χ0v) is 11.6. The lowest BCUT2D eigenvalue weighted by molar-refractivity contribution is 0.393. The molecule has 0 aliphatic rings. The summed E-state index contributed by atoms with van der Waals surface area (Å²) in [5.41, 5.74) is 0.871. The van der Waals surface area contributed by atoms with Gasteiger partial charge in [0.2, 0.25) is 5.88 Å². The van der Waals surface area contributed by atoms with E-state index in [-0.39, 0.29) is 5.54 Å². The fraction of sp³-hybridized carbons (Fsp3) is 0.667. The third-order valence-corrected chi connectivity index (χ3v) is 3.27. The van der Waals surface area contributed by atoms with Gasteiger partial charge in [-0.15, -0.1) is 11.6 Å². The highest BCUT2D eigenvalue weighted by Gasteiger charge is 2.23. The summed E-state index contributed by atoms with van der Waals surface area (Å²) in [5.74, 6) is 2.04. The van der Waals surface area contributed by atoms with Crippen LogP contribution in [0.3, 0.4) is 0 Å². The van der Waals surface area contributed by atoms with Crippen LogP contribution in [0.25, 0.3) is 0 Å². The van der Waals surface area contributed by atoms with E-state index < -0.39 is 0 Å². The molecule has 96 valence electrons. The van der Waals surface area contributed by atoms with Crippen LogP contribution in [0.5, 0.6) is 5.88 Å². The van der Waals surface area contributed by atoms with Crippen molar-refractivity contribution < 1.29 is 4.74 Å². The van der Waals surface area contributed by atoms with Crippen molar-refractivity contribution >= 4 is 17.4 Å². The molecule has 0 amide bonds. The number of nitrogens with zero attached hydrogens (tertiary/aromatic N) is 2. The Balaban J connectivity index is 2.93. The Morgan fingerprint density at radius 2 is 2.18 bits per heavy atom. The monoisotopic (exact) mass is 257 g/mol. The second kappa shape index (κ2) is 6.05. The summed E-state index contributed by atoms with van der Waals surface area (Å²) in [5, 5.41) is 3.43. The minimum atomic E-state index is -0.0497. The van der Waals surface area contributed by atoms with Crippen LogP contribution in [0.4, 0.5) is 5.82 Å². The lowest BCUT2D eigenvalue weighted by Gasteiger charge is -2.30. The van der Waals surface area contributed by atoms with Crippen LogP contribution in [-0.4, -0.2) is 28.5 Å². The average Bonchev–Trinajstić information content (AvgIpc) is 2.32. The summed E-state index contributed by atoms with van der Waals surface area (Å²) < 4.78 is 5.18. The Morgan fingerprint density at radius 1 is 1.47 bits per heavy atom. The Morgan fingerprint density at radius 3 is 2.71 bits per heavy atom. The molecule has 17 heavy (non-hydrogen) atoms. The molecule has 5 heteroatoms. The number of hydrogen-bond donors (Lipinski definition) is 1. The zero-order chi connectivity index (χ0) is 12.9. The molecule has 0 aliphatic heterocycles. The number of ether oxygens (including phenoxy) is 1. The van der Waals surface area contributed by atoms with Crippen LogP contribution in [0.1, 0.15) is 32.3 Å². The molecule has 0 spiro atoms. The average molecular weight is 258 g/mol. The molecule has 4 nitrogen and oxygen atoms in total. The fourth-order valence-corrected chi connectivity index (χ4v) is 2.00. The van der Waals surface area contributed by atoms with E-state index in [0.29, 0.717) is 11.8 Å². The Labute approximate surface area is 108 Å². The van der Waals surface area contributed by atoms with Crippen LogP contribution in [-0.2, 0) is 0 Å². The van der Waals surface area contributed by atoms with Crippen LogP contribution in [0, 0.1) is 6.92 Å². The van der Waals surface area contributed by atoms with E-state index in [4.69, 9.17) is 16.3 Å². The molecule has 0 aromatic carbocycles. The van der Waals surface area contributed by atoms with Gasteiger partial charge < -0.3 is 10.1 Å². The number of rotatable bonds is 6. The van der Waals surface area contributed by atoms with Crippen LogP contribution >= 0.6 is 11.6 Å². The highest BCUT2D eigenvalue weighted by Crippen LogP contribution is 2.26. The van der Waals surface area contributed by atoms with Crippen molar-refractivity contribution in [3.63, 3.8) is 0 Å². The molecule has 0 radical (unpaired) electrons. The van der Waals surface area contributed by atoms with E-state index >= 15 is 0 Å². The fourth-order valence-electron chi connectivity index (χ4n) is 1.59. The Hall–Kier alpha value is -1.03. The van der Waals surface area contributed by atoms with E-state index in [9.17, 15) is 0 Å². The molecular formula is C12H20ClN3O. The van der Waals surface area contributed by atoms with Gasteiger partial charge in [0.1, 0.15) is 12.1 Å². The van der Waals surface area contributed by atoms with Gasteiger partial charge in [0, 0.05) is 11.4 Å². The maximum Gasteiger partial charge on any atom is 0.221 e. The number of halogens is 1. The quantitative estimate of drug-likeness (QED) is 0.796. The number of alkyl halides is 1. The molecule has 1 unspecified atom stereocenters. The van der Waals surface area contributed by atoms with Crippen molar-refractivity contribution in [3.8, 4) is 5.88 Å². The standard InChI is InChI=1S/C12H20ClN3O/c1-5-12(3,6-7-13)16-10-9(2)11(17-4)15-8-14-10/h8H,5-7H2,1-4H3,(H,14,15,16). The van der Waals surface area contributed by atoms with E-state index in [0.717, 1.165) is 24.2 Å². The molecule has 1 rings (SSSR count). The summed E-state index contributed by atoms with van der Waals surface area (Å²) in [7, 11) is 1.61. The highest BCUT2D eigenvalue weighted by atomic mass is 35.5. The normalized spacial score (nSPS) is 14.2. The van der Waals surface area contributed by atoms with Gasteiger partial charge in [-0.1, -0.05) is 6.92 Å². The summed E-state index contributed by atoms with van der Waals surface area (Å²) in [4.78, 5) is 8.32. The third kappa shape index (κ3) is 3.46. The second-order valence-corrected chi connectivity index (χ2v) is 4.71. The van der Waals surface area contributed by atoms with Gasteiger partial charge in [0.15, 0.2) is 0 Å². The molecule has 0 bridgehead atoms. The lowest BCUT2D eigenvalue weighted by atomic mass is 9.95. The first kappa shape index (κ1) is 14.0. The molecule has 0 saturated heterocycles. The van der Waals surface area contributed by atoms with Crippen molar-refractivity contribution in [1.29, 1.82) is 0 Å². The molecule has 1 heterocycles. The van der Waals surface area contributed by atoms with Crippen LogP contribution in [0.15, 0.2) is 6.33 Å². The molecule has 1 atom stereocenters. The van der Waals surface area contributed by atoms with Gasteiger partial charge >= 0.3 is 0 Å². The maximum absolute atomic E-state index is 5.83. The largest absolute Gasteiger partial charge is 0.481 e. The second-order valence-electron chi connectivity index (χ2n) is 4.33. The number of nitrogens with one attached hydrogen (secondary N) is 1. The summed E-state index contributed by atoms with van der Waals surface area (Å²) >= 11 is 5.83. The molecule has 1 aromatic rings. The number of anilines is 1. The number of aromatic nitrogens is 2. The first-order valence-corrected chi connectivity index (χ1v) is 6.29. The van der Waals surface area contributed by atoms with E-state index in [2.05, 4.69) is 29.1 Å². The maximum atomic E-state index is 5.83. The van der Waals surface area contributed by atoms with Crippen molar-refractivity contribution in [2.24, 2.45) is 0 Å². The topological polar surface area (TPSA) is 47.0 Å². The highest BCUT2D eigenvalue weighted by molar-refractivity contribution is 6.17. The Bertz CT molecular complexity index is 373. The molecule has 0 aliphatic carbocycles.